The lowest BCUT2D eigenvalue weighted by atomic mass is 10.2. The molecule has 0 amide bonds. The monoisotopic (exact) mass is 254 g/mol. The molecule has 3 N–H and O–H groups in total. The largest absolute Gasteiger partial charge is 0.480 e. The van der Waals surface area contributed by atoms with Gasteiger partial charge >= 0.3 is 5.97 Å². The number of aromatic nitrogens is 1. The molecule has 7 heteroatoms. The van der Waals surface area contributed by atoms with Crippen LogP contribution in [0.25, 0.3) is 0 Å². The molecule has 0 bridgehead atoms. The molecule has 0 fully saturated rings. The van der Waals surface area contributed by atoms with Gasteiger partial charge in [-0.05, 0) is 6.92 Å². The number of hydrogen-bond donors (Lipinski definition) is 2. The third-order valence-electron chi connectivity index (χ3n) is 2.44. The van der Waals surface area contributed by atoms with E-state index in [1.165, 1.54) is 11.3 Å². The molecule has 0 spiro atoms. The van der Waals surface area contributed by atoms with Gasteiger partial charge in [-0.25, -0.2) is 4.98 Å². The first kappa shape index (κ1) is 13.4. The maximum Gasteiger partial charge on any atom is 0.326 e. The number of anilines is 1. The second-order valence-electron chi connectivity index (χ2n) is 3.69. The Labute approximate surface area is 103 Å². The van der Waals surface area contributed by atoms with Gasteiger partial charge in [0.25, 0.3) is 0 Å². The van der Waals surface area contributed by atoms with E-state index >= 15 is 0 Å². The maximum absolute atomic E-state index is 10.7. The number of nitriles is 1. The summed E-state index contributed by atoms with van der Waals surface area (Å²) in [5, 5.41) is 19.7. The Kier molecular flexibility index (Phi) is 4.43. The fraction of sp³-hybridized carbons (Fsp3) is 0.500. The van der Waals surface area contributed by atoms with Crippen LogP contribution in [0, 0.1) is 11.3 Å². The fourth-order valence-corrected chi connectivity index (χ4v) is 2.09. The summed E-state index contributed by atoms with van der Waals surface area (Å²) in [4.78, 5) is 16.7. The van der Waals surface area contributed by atoms with E-state index in [1.807, 2.05) is 18.9 Å². The van der Waals surface area contributed by atoms with Gasteiger partial charge in [0.05, 0.1) is 18.2 Å². The number of carboxylic acid groups (broad SMARTS) is 1. The van der Waals surface area contributed by atoms with E-state index in [2.05, 4.69) is 11.1 Å². The van der Waals surface area contributed by atoms with E-state index in [9.17, 15) is 4.79 Å². The van der Waals surface area contributed by atoms with Crippen molar-refractivity contribution in [2.45, 2.75) is 25.4 Å². The third-order valence-corrected chi connectivity index (χ3v) is 3.39. The highest BCUT2D eigenvalue weighted by Gasteiger charge is 2.20. The summed E-state index contributed by atoms with van der Waals surface area (Å²) in [7, 11) is 1.82. The standard InChI is InChI=1S/C10H14N4O2S/c1-6(3-4-11)14(2)10-13-7(5-17-10)8(12)9(15)16/h5-6,8H,3,12H2,1-2H3,(H,15,16). The summed E-state index contributed by atoms with van der Waals surface area (Å²) in [5.41, 5.74) is 5.80. The topological polar surface area (TPSA) is 103 Å². The van der Waals surface area contributed by atoms with Gasteiger partial charge in [0, 0.05) is 18.5 Å². The van der Waals surface area contributed by atoms with Crippen molar-refractivity contribution in [1.82, 2.24) is 4.98 Å². The molecule has 2 atom stereocenters. The van der Waals surface area contributed by atoms with Crippen molar-refractivity contribution in [3.63, 3.8) is 0 Å². The minimum atomic E-state index is -1.10. The molecule has 0 aliphatic rings. The lowest BCUT2D eigenvalue weighted by Gasteiger charge is -2.21. The van der Waals surface area contributed by atoms with Crippen molar-refractivity contribution in [1.29, 1.82) is 5.26 Å². The number of thiazole rings is 1. The predicted octanol–water partition coefficient (Wildman–Crippen LogP) is 0.966. The summed E-state index contributed by atoms with van der Waals surface area (Å²) >= 11 is 1.32. The summed E-state index contributed by atoms with van der Waals surface area (Å²) in [5.74, 6) is -1.10. The maximum atomic E-state index is 10.7. The van der Waals surface area contributed by atoms with Crippen LogP contribution in [0.15, 0.2) is 5.38 Å². The lowest BCUT2D eigenvalue weighted by molar-refractivity contribution is -0.138. The van der Waals surface area contributed by atoms with Crippen molar-refractivity contribution in [3.05, 3.63) is 11.1 Å². The molecule has 0 aliphatic carbocycles. The first-order valence-electron chi connectivity index (χ1n) is 5.01. The van der Waals surface area contributed by atoms with E-state index in [4.69, 9.17) is 16.1 Å². The normalized spacial score (nSPS) is 13.8. The lowest BCUT2D eigenvalue weighted by Crippen LogP contribution is -2.28. The van der Waals surface area contributed by atoms with E-state index in [0.29, 0.717) is 17.2 Å². The fourth-order valence-electron chi connectivity index (χ4n) is 1.17. The van der Waals surface area contributed by atoms with Crippen LogP contribution in [-0.4, -0.2) is 29.1 Å². The number of carbonyl (C=O) groups is 1. The minimum absolute atomic E-state index is 0.0278. The first-order chi connectivity index (χ1) is 7.97. The molecular formula is C10H14N4O2S. The molecular weight excluding hydrogens is 240 g/mol. The molecule has 0 radical (unpaired) electrons. The van der Waals surface area contributed by atoms with Gasteiger partial charge < -0.3 is 15.7 Å². The third kappa shape index (κ3) is 3.15. The number of carboxylic acids is 1. The zero-order valence-corrected chi connectivity index (χ0v) is 10.4. The smallest absolute Gasteiger partial charge is 0.326 e. The Morgan fingerprint density at radius 1 is 1.82 bits per heavy atom. The number of nitrogens with zero attached hydrogens (tertiary/aromatic N) is 3. The molecule has 17 heavy (non-hydrogen) atoms. The van der Waals surface area contributed by atoms with Crippen molar-refractivity contribution in [2.75, 3.05) is 11.9 Å². The molecule has 6 nitrogen and oxygen atoms in total. The van der Waals surface area contributed by atoms with Crippen molar-refractivity contribution in [2.24, 2.45) is 5.73 Å². The van der Waals surface area contributed by atoms with Gasteiger partial charge in [-0.2, -0.15) is 5.26 Å². The number of nitrogens with two attached hydrogens (primary N) is 1. The van der Waals surface area contributed by atoms with E-state index in [1.54, 1.807) is 5.38 Å². The second-order valence-corrected chi connectivity index (χ2v) is 4.53. The summed E-state index contributed by atoms with van der Waals surface area (Å²) in [6, 6.07) is 1.01. The molecule has 0 aromatic carbocycles. The van der Waals surface area contributed by atoms with Crippen LogP contribution >= 0.6 is 11.3 Å². The number of rotatable bonds is 5. The molecule has 0 saturated carbocycles. The van der Waals surface area contributed by atoms with Crippen molar-refractivity contribution >= 4 is 22.4 Å². The highest BCUT2D eigenvalue weighted by molar-refractivity contribution is 7.13. The Balaban J connectivity index is 2.81. The molecule has 1 aromatic rings. The molecule has 92 valence electrons. The van der Waals surface area contributed by atoms with Crippen LogP contribution < -0.4 is 10.6 Å². The molecule has 1 rings (SSSR count). The second kappa shape index (κ2) is 5.61. The first-order valence-corrected chi connectivity index (χ1v) is 5.89. The van der Waals surface area contributed by atoms with Gasteiger partial charge in [-0.3, -0.25) is 4.79 Å². The quantitative estimate of drug-likeness (QED) is 0.811. The zero-order chi connectivity index (χ0) is 13.0. The average Bonchev–Trinajstić information content (AvgIpc) is 2.76. The Hall–Kier alpha value is -1.65. The average molecular weight is 254 g/mol. The summed E-state index contributed by atoms with van der Waals surface area (Å²) in [6.07, 6.45) is 0.385. The zero-order valence-electron chi connectivity index (χ0n) is 9.62. The Morgan fingerprint density at radius 3 is 3.00 bits per heavy atom. The number of aliphatic carboxylic acids is 1. The van der Waals surface area contributed by atoms with E-state index < -0.39 is 12.0 Å². The molecule has 1 heterocycles. The Bertz CT molecular complexity index is 440. The predicted molar refractivity (Wildman–Crippen MR) is 64.8 cm³/mol. The molecule has 1 aromatic heterocycles. The van der Waals surface area contributed by atoms with Gasteiger partial charge in [-0.1, -0.05) is 0 Å². The van der Waals surface area contributed by atoms with Crippen LogP contribution in [0.5, 0.6) is 0 Å². The van der Waals surface area contributed by atoms with Crippen molar-refractivity contribution < 1.29 is 9.90 Å². The van der Waals surface area contributed by atoms with E-state index in [0.717, 1.165) is 0 Å². The highest BCUT2D eigenvalue weighted by atomic mass is 32.1. The van der Waals surface area contributed by atoms with Gasteiger partial charge in [-0.15, -0.1) is 11.3 Å². The van der Waals surface area contributed by atoms with Crippen LogP contribution in [0.1, 0.15) is 25.1 Å². The van der Waals surface area contributed by atoms with E-state index in [-0.39, 0.29) is 6.04 Å². The molecule has 0 saturated heterocycles. The molecule has 2 unspecified atom stereocenters. The van der Waals surface area contributed by atoms with Gasteiger partial charge in [0.2, 0.25) is 0 Å². The van der Waals surface area contributed by atoms with Crippen LogP contribution in [0.3, 0.4) is 0 Å². The van der Waals surface area contributed by atoms with Crippen molar-refractivity contribution in [3.8, 4) is 6.07 Å². The van der Waals surface area contributed by atoms with Gasteiger partial charge in [0.1, 0.15) is 6.04 Å². The van der Waals surface area contributed by atoms with Crippen LogP contribution in [0.4, 0.5) is 5.13 Å². The summed E-state index contributed by atoms with van der Waals surface area (Å²) in [6.45, 7) is 1.90. The van der Waals surface area contributed by atoms with Crippen LogP contribution in [0.2, 0.25) is 0 Å². The summed E-state index contributed by atoms with van der Waals surface area (Å²) < 4.78 is 0. The SMILES string of the molecule is CC(CC#N)N(C)c1nc(C(N)C(=O)O)cs1. The molecule has 0 aliphatic heterocycles. The minimum Gasteiger partial charge on any atom is -0.480 e. The number of hydrogen-bond acceptors (Lipinski definition) is 6. The van der Waals surface area contributed by atoms with Gasteiger partial charge in [0.15, 0.2) is 5.13 Å². The highest BCUT2D eigenvalue weighted by Crippen LogP contribution is 2.24. The van der Waals surface area contributed by atoms with Crippen LogP contribution in [-0.2, 0) is 4.79 Å². The Morgan fingerprint density at radius 2 is 2.47 bits per heavy atom.